The van der Waals surface area contributed by atoms with E-state index >= 15 is 0 Å². The quantitative estimate of drug-likeness (QED) is 0.572. The van der Waals surface area contributed by atoms with Crippen molar-refractivity contribution in [1.29, 1.82) is 0 Å². The molecule has 1 aliphatic rings. The van der Waals surface area contributed by atoms with E-state index in [0.717, 1.165) is 41.9 Å². The van der Waals surface area contributed by atoms with E-state index < -0.39 is 12.0 Å². The van der Waals surface area contributed by atoms with Gasteiger partial charge in [-0.15, -0.1) is 0 Å². The van der Waals surface area contributed by atoms with Crippen LogP contribution in [0.15, 0.2) is 42.5 Å². The Kier molecular flexibility index (Phi) is 5.31. The third-order valence-corrected chi connectivity index (χ3v) is 4.95. The zero-order valence-corrected chi connectivity index (χ0v) is 14.4. The number of likely N-dealkylation sites (N-methyl/N-ethyl adjacent to an activating group) is 1. The highest BCUT2D eigenvalue weighted by molar-refractivity contribution is 5.96. The van der Waals surface area contributed by atoms with Crippen LogP contribution in [0.5, 0.6) is 0 Å². The van der Waals surface area contributed by atoms with Crippen molar-refractivity contribution >= 4 is 28.3 Å². The van der Waals surface area contributed by atoms with Gasteiger partial charge in [-0.25, -0.2) is 0 Å². The van der Waals surface area contributed by atoms with Crippen molar-refractivity contribution in [3.05, 3.63) is 42.5 Å². The number of amides is 1. The first-order chi connectivity index (χ1) is 12.0. The molecule has 0 aromatic heterocycles. The lowest BCUT2D eigenvalue weighted by Gasteiger charge is -2.33. The van der Waals surface area contributed by atoms with E-state index in [-0.39, 0.29) is 12.3 Å². The summed E-state index contributed by atoms with van der Waals surface area (Å²) in [5.41, 5.74) is 0.679. The molecule has 0 unspecified atom stereocenters. The topological polar surface area (TPSA) is 78.1 Å². The lowest BCUT2D eigenvalue weighted by molar-refractivity contribution is -1.01. The average Bonchev–Trinajstić information content (AvgIpc) is 2.60. The van der Waals surface area contributed by atoms with Gasteiger partial charge in [0.15, 0.2) is 0 Å². The number of hydrogen-bond acceptors (Lipinski definition) is 3. The molecule has 6 heteroatoms. The number of quaternary nitrogens is 2. The molecule has 6 nitrogen and oxygen atoms in total. The minimum atomic E-state index is -1.15. The van der Waals surface area contributed by atoms with Crippen molar-refractivity contribution in [1.82, 2.24) is 0 Å². The van der Waals surface area contributed by atoms with Gasteiger partial charge in [0.25, 0.3) is 0 Å². The first kappa shape index (κ1) is 17.4. The van der Waals surface area contributed by atoms with E-state index in [1.807, 2.05) is 42.5 Å². The Labute approximate surface area is 147 Å². The third kappa shape index (κ3) is 4.35. The summed E-state index contributed by atoms with van der Waals surface area (Å²) in [4.78, 5) is 26.2. The number of anilines is 1. The minimum Gasteiger partial charge on any atom is -0.544 e. The molecule has 0 aliphatic carbocycles. The molecule has 132 valence electrons. The number of rotatable bonds is 5. The van der Waals surface area contributed by atoms with Gasteiger partial charge >= 0.3 is 0 Å². The summed E-state index contributed by atoms with van der Waals surface area (Å²) in [6.45, 7) is 3.30. The molecular formula is C19H24N3O3+. The second-order valence-corrected chi connectivity index (χ2v) is 6.80. The average molecular weight is 342 g/mol. The highest BCUT2D eigenvalue weighted by atomic mass is 16.4. The van der Waals surface area contributed by atoms with E-state index in [2.05, 4.69) is 12.4 Å². The van der Waals surface area contributed by atoms with Crippen LogP contribution in [-0.2, 0) is 9.59 Å². The molecule has 2 aromatic rings. The Morgan fingerprint density at radius 3 is 2.44 bits per heavy atom. The van der Waals surface area contributed by atoms with E-state index in [0.29, 0.717) is 5.69 Å². The molecule has 1 heterocycles. The van der Waals surface area contributed by atoms with Crippen LogP contribution in [0.1, 0.15) is 6.42 Å². The second-order valence-electron chi connectivity index (χ2n) is 6.80. The lowest BCUT2D eigenvalue weighted by atomic mass is 10.1. The Morgan fingerprint density at radius 1 is 1.08 bits per heavy atom. The fourth-order valence-electron chi connectivity index (χ4n) is 3.41. The molecule has 1 amide bonds. The maximum atomic E-state index is 12.3. The van der Waals surface area contributed by atoms with Crippen molar-refractivity contribution in [3.63, 3.8) is 0 Å². The first-order valence-electron chi connectivity index (χ1n) is 8.68. The van der Waals surface area contributed by atoms with Crippen LogP contribution in [-0.4, -0.2) is 51.1 Å². The number of piperazine rings is 1. The maximum absolute atomic E-state index is 12.3. The molecule has 3 rings (SSSR count). The van der Waals surface area contributed by atoms with Crippen molar-refractivity contribution in [3.8, 4) is 0 Å². The maximum Gasteiger partial charge on any atom is 0.230 e. The zero-order chi connectivity index (χ0) is 17.8. The van der Waals surface area contributed by atoms with Crippen molar-refractivity contribution in [2.75, 3.05) is 38.5 Å². The summed E-state index contributed by atoms with van der Waals surface area (Å²) in [5, 5.41) is 16.5. The number of carbonyl (C=O) groups excluding carboxylic acids is 2. The molecule has 25 heavy (non-hydrogen) atoms. The number of hydrogen-bond donors (Lipinski definition) is 3. The molecule has 1 atom stereocenters. The molecule has 1 saturated heterocycles. The predicted octanol–water partition coefficient (Wildman–Crippen LogP) is -2.30. The van der Waals surface area contributed by atoms with Crippen LogP contribution >= 0.6 is 0 Å². The van der Waals surface area contributed by atoms with Gasteiger partial charge in [0.2, 0.25) is 5.91 Å². The second kappa shape index (κ2) is 7.63. The molecule has 3 N–H and O–H groups in total. The fourth-order valence-corrected chi connectivity index (χ4v) is 3.41. The molecule has 1 fully saturated rings. The molecule has 0 saturated carbocycles. The van der Waals surface area contributed by atoms with E-state index in [1.165, 1.54) is 4.90 Å². The van der Waals surface area contributed by atoms with Gasteiger partial charge in [0.05, 0.1) is 19.4 Å². The van der Waals surface area contributed by atoms with Crippen LogP contribution < -0.4 is 20.2 Å². The molecule has 0 bridgehead atoms. The monoisotopic (exact) mass is 342 g/mol. The molecular weight excluding hydrogens is 318 g/mol. The number of carboxylic acids is 1. The largest absolute Gasteiger partial charge is 0.544 e. The van der Waals surface area contributed by atoms with Crippen LogP contribution in [0.3, 0.4) is 0 Å². The van der Waals surface area contributed by atoms with Crippen molar-refractivity contribution in [2.24, 2.45) is 0 Å². The standard InChI is InChI=1S/C19H23N3O3/c1-21-8-10-22(11-9-21)17(19(24)25)13-18(23)20-16-7-6-14-4-2-3-5-15(14)12-16/h2-7,12,17H,8-11,13H2,1H3,(H,20,23)(H,24,25)/p+1/t17-/m0/s1. The summed E-state index contributed by atoms with van der Waals surface area (Å²) in [6, 6.07) is 12.8. The summed E-state index contributed by atoms with van der Waals surface area (Å²) in [6.07, 6.45) is -0.0659. The van der Waals surface area contributed by atoms with Crippen LogP contribution in [0.4, 0.5) is 5.69 Å². The number of carboxylic acid groups (broad SMARTS) is 1. The smallest absolute Gasteiger partial charge is 0.230 e. The normalized spacial score (nSPS) is 21.6. The van der Waals surface area contributed by atoms with Gasteiger partial charge in [-0.2, -0.15) is 0 Å². The Bertz CT molecular complexity index is 769. The lowest BCUT2D eigenvalue weighted by Crippen LogP contribution is -3.29. The van der Waals surface area contributed by atoms with Gasteiger partial charge < -0.3 is 25.0 Å². The summed E-state index contributed by atoms with van der Waals surface area (Å²) < 4.78 is 0. The molecule has 1 aliphatic heterocycles. The predicted molar refractivity (Wildman–Crippen MR) is 93.3 cm³/mol. The number of nitrogens with one attached hydrogen (secondary N) is 3. The number of benzene rings is 2. The van der Waals surface area contributed by atoms with Gasteiger partial charge in [-0.05, 0) is 22.9 Å². The first-order valence-corrected chi connectivity index (χ1v) is 8.68. The zero-order valence-electron chi connectivity index (χ0n) is 14.4. The van der Waals surface area contributed by atoms with Crippen molar-refractivity contribution in [2.45, 2.75) is 12.5 Å². The SMILES string of the molecule is C[NH+]1CC[NH+]([C@@H](CC(=O)Nc2ccc3ccccc3c2)C(=O)[O-])CC1. The summed E-state index contributed by atoms with van der Waals surface area (Å²) >= 11 is 0. The highest BCUT2D eigenvalue weighted by Crippen LogP contribution is 2.18. The number of fused-ring (bicyclic) bond motifs is 1. The highest BCUT2D eigenvalue weighted by Gasteiger charge is 2.30. The summed E-state index contributed by atoms with van der Waals surface area (Å²) in [7, 11) is 2.09. The number of carbonyl (C=O) groups is 2. The Hall–Kier alpha value is -2.44. The van der Waals surface area contributed by atoms with E-state index in [4.69, 9.17) is 0 Å². The van der Waals surface area contributed by atoms with Crippen LogP contribution in [0, 0.1) is 0 Å². The van der Waals surface area contributed by atoms with Gasteiger partial charge in [-0.3, -0.25) is 4.79 Å². The molecule has 2 aromatic carbocycles. The van der Waals surface area contributed by atoms with E-state index in [1.54, 1.807) is 0 Å². The van der Waals surface area contributed by atoms with E-state index in [9.17, 15) is 14.7 Å². The van der Waals surface area contributed by atoms with Gasteiger partial charge in [0, 0.05) is 5.69 Å². The van der Waals surface area contributed by atoms with Gasteiger partial charge in [0.1, 0.15) is 32.2 Å². The third-order valence-electron chi connectivity index (χ3n) is 4.95. The number of aliphatic carboxylic acids is 1. The molecule has 0 radical (unpaired) electrons. The summed E-state index contributed by atoms with van der Waals surface area (Å²) in [5.74, 6) is -1.44. The van der Waals surface area contributed by atoms with Crippen LogP contribution in [0.2, 0.25) is 0 Å². The minimum absolute atomic E-state index is 0.0659. The Balaban J connectivity index is 1.65. The van der Waals surface area contributed by atoms with Gasteiger partial charge in [-0.1, -0.05) is 30.3 Å². The van der Waals surface area contributed by atoms with Crippen molar-refractivity contribution < 1.29 is 24.5 Å². The Morgan fingerprint density at radius 2 is 1.76 bits per heavy atom. The fraction of sp³-hybridized carbons (Fsp3) is 0.368. The van der Waals surface area contributed by atoms with Crippen LogP contribution in [0.25, 0.3) is 10.8 Å². The molecule has 0 spiro atoms.